The van der Waals surface area contributed by atoms with E-state index in [2.05, 4.69) is 20.1 Å². The molecule has 0 bridgehead atoms. The van der Waals surface area contributed by atoms with Crippen LogP contribution in [-0.4, -0.2) is 46.4 Å². The van der Waals surface area contributed by atoms with Crippen LogP contribution in [0.3, 0.4) is 0 Å². The highest BCUT2D eigenvalue weighted by Crippen LogP contribution is 2.43. The molecule has 0 aliphatic carbocycles. The van der Waals surface area contributed by atoms with Crippen LogP contribution >= 0.6 is 11.3 Å². The Bertz CT molecular complexity index is 655. The quantitative estimate of drug-likeness (QED) is 0.857. The predicted octanol–water partition coefficient (Wildman–Crippen LogP) is 1.54. The van der Waals surface area contributed by atoms with Gasteiger partial charge in [-0.3, -0.25) is 4.90 Å². The predicted molar refractivity (Wildman–Crippen MR) is 77.2 cm³/mol. The van der Waals surface area contributed by atoms with Crippen molar-refractivity contribution in [3.63, 3.8) is 0 Å². The number of fused-ring (bicyclic) bond motifs is 1. The van der Waals surface area contributed by atoms with E-state index >= 15 is 0 Å². The zero-order valence-corrected chi connectivity index (χ0v) is 13.0. The van der Waals surface area contributed by atoms with Crippen molar-refractivity contribution in [2.75, 3.05) is 26.3 Å². The Morgan fingerprint density at radius 3 is 3.05 bits per heavy atom. The number of aromatic nitrogens is 3. The molecule has 0 amide bonds. The molecular formula is C14H18N4O2S. The van der Waals surface area contributed by atoms with Gasteiger partial charge in [-0.05, 0) is 6.92 Å². The van der Waals surface area contributed by atoms with Gasteiger partial charge in [0.2, 0.25) is 11.8 Å². The van der Waals surface area contributed by atoms with Crippen LogP contribution < -0.4 is 0 Å². The monoisotopic (exact) mass is 306 g/mol. The molecule has 0 N–H and O–H groups in total. The van der Waals surface area contributed by atoms with E-state index < -0.39 is 0 Å². The highest BCUT2D eigenvalue weighted by atomic mass is 32.1. The van der Waals surface area contributed by atoms with Crippen molar-refractivity contribution < 1.29 is 9.15 Å². The Hall–Kier alpha value is -1.31. The van der Waals surface area contributed by atoms with Gasteiger partial charge in [-0.1, -0.05) is 0 Å². The Morgan fingerprint density at radius 2 is 2.33 bits per heavy atom. The minimum Gasteiger partial charge on any atom is -0.425 e. The van der Waals surface area contributed by atoms with Crippen molar-refractivity contribution in [2.24, 2.45) is 5.92 Å². The van der Waals surface area contributed by atoms with Gasteiger partial charge in [0.15, 0.2) is 0 Å². The molecule has 2 fully saturated rings. The standard InChI is InChI=1S/C14H18N4O2S/c1-9-16-17-13(20-9)14-7-18(4-11(14)6-19-8-14)5-12-3-15-10(2)21-12/h3,11H,4-8H2,1-2H3/t11-,14-/m1/s1. The first kappa shape index (κ1) is 13.4. The highest BCUT2D eigenvalue weighted by molar-refractivity contribution is 7.11. The number of thiazole rings is 1. The first-order valence-electron chi connectivity index (χ1n) is 7.18. The van der Waals surface area contributed by atoms with E-state index in [1.807, 2.05) is 20.0 Å². The Balaban J connectivity index is 1.57. The average Bonchev–Trinajstić information content (AvgIpc) is 3.14. The van der Waals surface area contributed by atoms with Crippen molar-refractivity contribution in [1.82, 2.24) is 20.1 Å². The third-order valence-corrected chi connectivity index (χ3v) is 5.34. The molecule has 0 saturated carbocycles. The minimum atomic E-state index is -0.124. The number of hydrogen-bond donors (Lipinski definition) is 0. The molecular weight excluding hydrogens is 288 g/mol. The van der Waals surface area contributed by atoms with E-state index in [0.717, 1.165) is 37.1 Å². The normalized spacial score (nSPS) is 29.1. The summed E-state index contributed by atoms with van der Waals surface area (Å²) in [6, 6.07) is 0. The van der Waals surface area contributed by atoms with E-state index in [1.54, 1.807) is 11.3 Å². The van der Waals surface area contributed by atoms with Gasteiger partial charge in [-0.2, -0.15) is 0 Å². The van der Waals surface area contributed by atoms with Crippen LogP contribution in [0.25, 0.3) is 0 Å². The largest absolute Gasteiger partial charge is 0.425 e. The highest BCUT2D eigenvalue weighted by Gasteiger charge is 2.55. The Morgan fingerprint density at radius 1 is 1.43 bits per heavy atom. The molecule has 2 saturated heterocycles. The van der Waals surface area contributed by atoms with Crippen molar-refractivity contribution in [3.05, 3.63) is 27.9 Å². The van der Waals surface area contributed by atoms with Crippen LogP contribution in [0, 0.1) is 19.8 Å². The molecule has 2 aromatic rings. The Labute approximate surface area is 127 Å². The van der Waals surface area contributed by atoms with E-state index in [-0.39, 0.29) is 5.41 Å². The first-order chi connectivity index (χ1) is 10.2. The second-order valence-corrected chi connectivity index (χ2v) is 7.33. The summed E-state index contributed by atoms with van der Waals surface area (Å²) in [6.07, 6.45) is 1.98. The van der Waals surface area contributed by atoms with Gasteiger partial charge in [-0.25, -0.2) is 4.98 Å². The molecule has 2 aromatic heterocycles. The number of hydrogen-bond acceptors (Lipinski definition) is 7. The number of aryl methyl sites for hydroxylation is 2. The van der Waals surface area contributed by atoms with Gasteiger partial charge in [0, 0.05) is 43.5 Å². The summed E-state index contributed by atoms with van der Waals surface area (Å²) in [7, 11) is 0. The second kappa shape index (κ2) is 4.86. The van der Waals surface area contributed by atoms with Gasteiger partial charge in [0.25, 0.3) is 0 Å². The third kappa shape index (κ3) is 2.20. The smallest absolute Gasteiger partial charge is 0.226 e. The molecule has 21 heavy (non-hydrogen) atoms. The summed E-state index contributed by atoms with van der Waals surface area (Å²) in [5, 5.41) is 9.39. The molecule has 0 spiro atoms. The minimum absolute atomic E-state index is 0.124. The first-order valence-corrected chi connectivity index (χ1v) is 7.99. The second-order valence-electron chi connectivity index (χ2n) is 6.01. The van der Waals surface area contributed by atoms with Crippen LogP contribution in [0.15, 0.2) is 10.6 Å². The van der Waals surface area contributed by atoms with Gasteiger partial charge in [-0.15, -0.1) is 21.5 Å². The van der Waals surface area contributed by atoms with E-state index in [0.29, 0.717) is 18.4 Å². The molecule has 2 aliphatic rings. The number of ether oxygens (including phenoxy) is 1. The lowest BCUT2D eigenvalue weighted by molar-refractivity contribution is 0.140. The zero-order chi connectivity index (χ0) is 14.4. The van der Waals surface area contributed by atoms with Crippen molar-refractivity contribution in [3.8, 4) is 0 Å². The average molecular weight is 306 g/mol. The molecule has 7 heteroatoms. The maximum atomic E-state index is 5.74. The lowest BCUT2D eigenvalue weighted by Crippen LogP contribution is -2.35. The summed E-state index contributed by atoms with van der Waals surface area (Å²) in [5.74, 6) is 1.80. The molecule has 4 rings (SSSR count). The molecule has 0 unspecified atom stereocenters. The third-order valence-electron chi connectivity index (χ3n) is 4.45. The van der Waals surface area contributed by atoms with Crippen LogP contribution in [0.4, 0.5) is 0 Å². The molecule has 0 radical (unpaired) electrons. The molecule has 0 aromatic carbocycles. The lowest BCUT2D eigenvalue weighted by Gasteiger charge is -2.22. The molecule has 6 nitrogen and oxygen atoms in total. The van der Waals surface area contributed by atoms with E-state index in [1.165, 1.54) is 4.88 Å². The summed E-state index contributed by atoms with van der Waals surface area (Å²) in [6.45, 7) is 8.21. The van der Waals surface area contributed by atoms with Crippen LogP contribution in [0.1, 0.15) is 21.7 Å². The topological polar surface area (TPSA) is 64.3 Å². The molecule has 112 valence electrons. The molecule has 4 heterocycles. The molecule has 2 aliphatic heterocycles. The number of nitrogens with zero attached hydrogens (tertiary/aromatic N) is 4. The van der Waals surface area contributed by atoms with Crippen LogP contribution in [0.5, 0.6) is 0 Å². The van der Waals surface area contributed by atoms with E-state index in [4.69, 9.17) is 9.15 Å². The van der Waals surface area contributed by atoms with Gasteiger partial charge in [0.1, 0.15) is 0 Å². The zero-order valence-electron chi connectivity index (χ0n) is 12.2. The van der Waals surface area contributed by atoms with Crippen molar-refractivity contribution in [2.45, 2.75) is 25.8 Å². The van der Waals surface area contributed by atoms with Crippen molar-refractivity contribution in [1.29, 1.82) is 0 Å². The summed E-state index contributed by atoms with van der Waals surface area (Å²) >= 11 is 1.77. The van der Waals surface area contributed by atoms with Gasteiger partial charge in [0.05, 0.1) is 23.6 Å². The van der Waals surface area contributed by atoms with E-state index in [9.17, 15) is 0 Å². The lowest BCUT2D eigenvalue weighted by atomic mass is 9.81. The van der Waals surface area contributed by atoms with Crippen LogP contribution in [-0.2, 0) is 16.7 Å². The molecule has 2 atom stereocenters. The number of likely N-dealkylation sites (tertiary alicyclic amines) is 1. The Kier molecular flexibility index (Phi) is 3.09. The maximum Gasteiger partial charge on any atom is 0.226 e. The fourth-order valence-corrected chi connectivity index (χ4v) is 4.30. The van der Waals surface area contributed by atoms with Gasteiger partial charge < -0.3 is 9.15 Å². The van der Waals surface area contributed by atoms with Crippen molar-refractivity contribution >= 4 is 11.3 Å². The summed E-state index contributed by atoms with van der Waals surface area (Å²) in [4.78, 5) is 8.10. The fourth-order valence-electron chi connectivity index (χ4n) is 3.46. The fraction of sp³-hybridized carbons (Fsp3) is 0.643. The van der Waals surface area contributed by atoms with Gasteiger partial charge >= 0.3 is 0 Å². The number of rotatable bonds is 3. The maximum absolute atomic E-state index is 5.74. The summed E-state index contributed by atoms with van der Waals surface area (Å²) in [5.41, 5.74) is -0.124. The summed E-state index contributed by atoms with van der Waals surface area (Å²) < 4.78 is 11.5. The van der Waals surface area contributed by atoms with Crippen LogP contribution in [0.2, 0.25) is 0 Å². The SMILES string of the molecule is Cc1nnc([C@]23COC[C@H]2CN(Cc2cnc(C)s2)C3)o1.